The molecule has 0 aliphatic carbocycles. The van der Waals surface area contributed by atoms with Crippen molar-refractivity contribution >= 4 is 16.9 Å². The first-order chi connectivity index (χ1) is 15.6. The van der Waals surface area contributed by atoms with Crippen LogP contribution in [-0.2, 0) is 6.54 Å². The van der Waals surface area contributed by atoms with Crippen LogP contribution in [0.3, 0.4) is 0 Å². The highest BCUT2D eigenvalue weighted by Gasteiger charge is 2.42. The zero-order valence-electron chi connectivity index (χ0n) is 18.5. The summed E-state index contributed by atoms with van der Waals surface area (Å²) in [5, 5.41) is 0.875. The third-order valence-corrected chi connectivity index (χ3v) is 7.17. The topological polar surface area (TPSA) is 45.9 Å². The summed E-state index contributed by atoms with van der Waals surface area (Å²) in [6.45, 7) is 3.33. The van der Waals surface area contributed by atoms with Crippen LogP contribution in [0, 0.1) is 5.82 Å². The monoisotopic (exact) mass is 436 g/mol. The number of fused-ring (bicyclic) bond motifs is 1. The third kappa shape index (κ3) is 3.88. The fourth-order valence-corrected chi connectivity index (χ4v) is 5.46. The molecular formula is C26H29FN2O3. The second-order valence-electron chi connectivity index (χ2n) is 9.01. The van der Waals surface area contributed by atoms with Gasteiger partial charge in [0.25, 0.3) is 5.91 Å². The van der Waals surface area contributed by atoms with E-state index in [1.165, 1.54) is 18.6 Å². The molecule has 32 heavy (non-hydrogen) atoms. The number of halogens is 1. The van der Waals surface area contributed by atoms with Crippen molar-refractivity contribution in [1.82, 2.24) is 9.80 Å². The molecule has 1 atom stereocenters. The molecule has 1 aromatic heterocycles. The summed E-state index contributed by atoms with van der Waals surface area (Å²) in [5.74, 6) is 0.758. The molecule has 2 fully saturated rings. The fraction of sp³-hybridized carbons (Fsp3) is 0.423. The highest BCUT2D eigenvalue weighted by molar-refractivity contribution is 5.97. The molecule has 5 nitrogen and oxygen atoms in total. The lowest BCUT2D eigenvalue weighted by atomic mass is 9.87. The van der Waals surface area contributed by atoms with Crippen LogP contribution in [0.4, 0.5) is 4.39 Å². The number of carbonyl (C=O) groups excluding carboxylic acids is 1. The minimum atomic E-state index is -0.197. The molecule has 2 aliphatic heterocycles. The zero-order valence-corrected chi connectivity index (χ0v) is 18.5. The van der Waals surface area contributed by atoms with E-state index in [1.54, 1.807) is 7.11 Å². The number of methoxy groups -OCH3 is 1. The average Bonchev–Trinajstić information content (AvgIpc) is 3.34. The van der Waals surface area contributed by atoms with Gasteiger partial charge in [-0.2, -0.15) is 0 Å². The molecule has 0 radical (unpaired) electrons. The Morgan fingerprint density at radius 2 is 1.84 bits per heavy atom. The van der Waals surface area contributed by atoms with Crippen LogP contribution < -0.4 is 4.74 Å². The van der Waals surface area contributed by atoms with Crippen molar-refractivity contribution in [2.24, 2.45) is 0 Å². The Balaban J connectivity index is 1.31. The summed E-state index contributed by atoms with van der Waals surface area (Å²) in [5.41, 5.74) is 1.87. The summed E-state index contributed by atoms with van der Waals surface area (Å²) in [4.78, 5) is 17.8. The maximum absolute atomic E-state index is 13.3. The molecule has 1 spiro atoms. The molecule has 5 rings (SSSR count). The van der Waals surface area contributed by atoms with Gasteiger partial charge >= 0.3 is 0 Å². The van der Waals surface area contributed by atoms with Gasteiger partial charge in [-0.25, -0.2) is 4.39 Å². The second-order valence-corrected chi connectivity index (χ2v) is 9.01. The van der Waals surface area contributed by atoms with E-state index in [0.29, 0.717) is 23.6 Å². The van der Waals surface area contributed by atoms with Gasteiger partial charge in [-0.3, -0.25) is 9.69 Å². The van der Waals surface area contributed by atoms with E-state index in [9.17, 15) is 9.18 Å². The van der Waals surface area contributed by atoms with Crippen LogP contribution in [-0.4, -0.2) is 48.0 Å². The van der Waals surface area contributed by atoms with Crippen molar-refractivity contribution in [3.63, 3.8) is 0 Å². The standard InChI is InChI=1S/C26H29FN2O3/c1-31-22-6-2-5-20-17-23(32-24(20)22)25(30)28-14-3-11-26(13-16-28)12-4-15-29(26)18-19-7-9-21(27)10-8-19/h2,5-10,17H,3-4,11-16,18H2,1H3/t26-/m0/s1. The van der Waals surface area contributed by atoms with Crippen molar-refractivity contribution in [2.45, 2.75) is 44.2 Å². The van der Waals surface area contributed by atoms with Crippen molar-refractivity contribution in [3.05, 3.63) is 65.7 Å². The largest absolute Gasteiger partial charge is 0.493 e. The van der Waals surface area contributed by atoms with Crippen molar-refractivity contribution in [2.75, 3.05) is 26.7 Å². The Morgan fingerprint density at radius 1 is 1.06 bits per heavy atom. The minimum Gasteiger partial charge on any atom is -0.493 e. The summed E-state index contributed by atoms with van der Waals surface area (Å²) in [6.07, 6.45) is 5.31. The Labute approximate surface area is 187 Å². The number of benzene rings is 2. The van der Waals surface area contributed by atoms with Gasteiger partial charge in [0.05, 0.1) is 7.11 Å². The third-order valence-electron chi connectivity index (χ3n) is 7.17. The van der Waals surface area contributed by atoms with Crippen LogP contribution >= 0.6 is 0 Å². The lowest BCUT2D eigenvalue weighted by Gasteiger charge is -2.38. The van der Waals surface area contributed by atoms with E-state index >= 15 is 0 Å². The van der Waals surface area contributed by atoms with E-state index in [0.717, 1.165) is 56.3 Å². The molecule has 0 N–H and O–H groups in total. The zero-order chi connectivity index (χ0) is 22.1. The molecule has 168 valence electrons. The molecule has 3 heterocycles. The van der Waals surface area contributed by atoms with Crippen molar-refractivity contribution in [1.29, 1.82) is 0 Å². The molecule has 0 unspecified atom stereocenters. The normalized spacial score (nSPS) is 21.9. The molecule has 6 heteroatoms. The lowest BCUT2D eigenvalue weighted by Crippen LogP contribution is -2.44. The first-order valence-corrected chi connectivity index (χ1v) is 11.4. The molecule has 3 aromatic rings. The molecule has 2 aromatic carbocycles. The molecular weight excluding hydrogens is 407 g/mol. The average molecular weight is 437 g/mol. The second kappa shape index (κ2) is 8.58. The maximum Gasteiger partial charge on any atom is 0.289 e. The van der Waals surface area contributed by atoms with Crippen molar-refractivity contribution in [3.8, 4) is 5.75 Å². The van der Waals surface area contributed by atoms with E-state index in [-0.39, 0.29) is 17.3 Å². The number of hydrogen-bond donors (Lipinski definition) is 0. The molecule has 0 saturated carbocycles. The lowest BCUT2D eigenvalue weighted by molar-refractivity contribution is 0.0709. The van der Waals surface area contributed by atoms with E-state index < -0.39 is 0 Å². The number of para-hydroxylation sites is 1. The quantitative estimate of drug-likeness (QED) is 0.561. The van der Waals surface area contributed by atoms with Crippen molar-refractivity contribution < 1.29 is 18.3 Å². The van der Waals surface area contributed by atoms with E-state index in [1.807, 2.05) is 41.3 Å². The Bertz CT molecular complexity index is 1110. The smallest absolute Gasteiger partial charge is 0.289 e. The summed E-state index contributed by atoms with van der Waals surface area (Å²) < 4.78 is 24.6. The molecule has 2 saturated heterocycles. The number of ether oxygens (including phenoxy) is 1. The van der Waals surface area contributed by atoms with Crippen LogP contribution in [0.15, 0.2) is 52.9 Å². The number of likely N-dealkylation sites (tertiary alicyclic amines) is 2. The van der Waals surface area contributed by atoms with E-state index in [4.69, 9.17) is 9.15 Å². The van der Waals surface area contributed by atoms with Gasteiger partial charge in [0.2, 0.25) is 0 Å². The molecule has 2 aliphatic rings. The predicted molar refractivity (Wildman–Crippen MR) is 121 cm³/mol. The minimum absolute atomic E-state index is 0.0524. The number of carbonyl (C=O) groups is 1. The summed E-state index contributed by atoms with van der Waals surface area (Å²) >= 11 is 0. The van der Waals surface area contributed by atoms with Gasteiger partial charge in [-0.05, 0) is 68.5 Å². The number of rotatable bonds is 4. The predicted octanol–water partition coefficient (Wildman–Crippen LogP) is 5.24. The first-order valence-electron chi connectivity index (χ1n) is 11.4. The number of furan rings is 1. The van der Waals surface area contributed by atoms with Gasteiger partial charge in [0.1, 0.15) is 5.82 Å². The van der Waals surface area contributed by atoms with Crippen LogP contribution in [0.25, 0.3) is 11.0 Å². The van der Waals surface area contributed by atoms with E-state index in [2.05, 4.69) is 4.90 Å². The van der Waals surface area contributed by atoms with Gasteiger partial charge in [-0.1, -0.05) is 24.3 Å². The van der Waals surface area contributed by atoms with Crippen LogP contribution in [0.1, 0.15) is 48.2 Å². The Morgan fingerprint density at radius 3 is 2.62 bits per heavy atom. The highest BCUT2D eigenvalue weighted by atomic mass is 19.1. The summed E-state index contributed by atoms with van der Waals surface area (Å²) in [6, 6.07) is 14.3. The first kappa shape index (κ1) is 21.0. The van der Waals surface area contributed by atoms with Crippen LogP contribution in [0.5, 0.6) is 5.75 Å². The maximum atomic E-state index is 13.3. The molecule has 1 amide bonds. The van der Waals surface area contributed by atoms with Gasteiger partial charge < -0.3 is 14.1 Å². The SMILES string of the molecule is COc1cccc2cc(C(=O)N3CCC[C@]4(CCCN4Cc4ccc(F)cc4)CC3)oc12. The summed E-state index contributed by atoms with van der Waals surface area (Å²) in [7, 11) is 1.60. The van der Waals surface area contributed by atoms with Gasteiger partial charge in [0.15, 0.2) is 17.1 Å². The van der Waals surface area contributed by atoms with Crippen LogP contribution in [0.2, 0.25) is 0 Å². The van der Waals surface area contributed by atoms with Gasteiger partial charge in [-0.15, -0.1) is 0 Å². The highest BCUT2D eigenvalue weighted by Crippen LogP contribution is 2.40. The van der Waals surface area contributed by atoms with Gasteiger partial charge in [0, 0.05) is 30.6 Å². The number of amides is 1. The number of hydrogen-bond acceptors (Lipinski definition) is 4. The molecule has 0 bridgehead atoms. The number of nitrogens with zero attached hydrogens (tertiary/aromatic N) is 2. The fourth-order valence-electron chi connectivity index (χ4n) is 5.46. The Hall–Kier alpha value is -2.86. The Kier molecular flexibility index (Phi) is 5.64.